The first-order chi connectivity index (χ1) is 9.70. The van der Waals surface area contributed by atoms with E-state index < -0.39 is 5.97 Å². The molecular weight excluding hydrogens is 256 g/mol. The summed E-state index contributed by atoms with van der Waals surface area (Å²) >= 11 is 0. The second kappa shape index (κ2) is 6.92. The first kappa shape index (κ1) is 14.4. The summed E-state index contributed by atoms with van der Waals surface area (Å²) in [5.41, 5.74) is 0.597. The van der Waals surface area contributed by atoms with Crippen molar-refractivity contribution in [2.45, 2.75) is 25.3 Å². The normalized spacial score (nSPS) is 19.2. The monoisotopic (exact) mass is 274 g/mol. The Kier molecular flexibility index (Phi) is 4.97. The van der Waals surface area contributed by atoms with Crippen LogP contribution in [-0.2, 0) is 4.79 Å². The lowest BCUT2D eigenvalue weighted by Crippen LogP contribution is -2.46. The minimum Gasteiger partial charge on any atom is -0.492 e. The van der Waals surface area contributed by atoms with E-state index in [1.165, 1.54) is 0 Å². The molecule has 0 aromatic heterocycles. The number of ether oxygens (including phenoxy) is 1. The Morgan fingerprint density at radius 1 is 1.40 bits per heavy atom. The molecule has 1 heterocycles. The van der Waals surface area contributed by atoms with Crippen LogP contribution in [0.4, 0.5) is 0 Å². The van der Waals surface area contributed by atoms with Crippen LogP contribution in [0.15, 0.2) is 24.3 Å². The Hall–Kier alpha value is -2.06. The zero-order valence-corrected chi connectivity index (χ0v) is 11.3. The Bertz CT molecular complexity index is 493. The highest BCUT2D eigenvalue weighted by molar-refractivity contribution is 5.73. The number of likely N-dealkylation sites (tertiary alicyclic amines) is 1. The summed E-state index contributed by atoms with van der Waals surface area (Å²) in [6.45, 7) is 1.88. The zero-order chi connectivity index (χ0) is 14.4. The molecule has 1 aliphatic rings. The first-order valence-electron chi connectivity index (χ1n) is 6.80. The molecule has 106 valence electrons. The molecule has 0 aliphatic carbocycles. The van der Waals surface area contributed by atoms with E-state index in [1.54, 1.807) is 24.3 Å². The van der Waals surface area contributed by atoms with Gasteiger partial charge in [-0.15, -0.1) is 0 Å². The maximum Gasteiger partial charge on any atom is 0.320 e. The first-order valence-corrected chi connectivity index (χ1v) is 6.80. The predicted molar refractivity (Wildman–Crippen MR) is 73.5 cm³/mol. The molecule has 1 unspecified atom stereocenters. The lowest BCUT2D eigenvalue weighted by atomic mass is 10.0. The third kappa shape index (κ3) is 3.72. The summed E-state index contributed by atoms with van der Waals surface area (Å²) in [5, 5.41) is 17.9. The van der Waals surface area contributed by atoms with Crippen molar-refractivity contribution in [3.63, 3.8) is 0 Å². The minimum atomic E-state index is -0.747. The molecule has 0 spiro atoms. The summed E-state index contributed by atoms with van der Waals surface area (Å²) in [6, 6.07) is 8.59. The Morgan fingerprint density at radius 2 is 2.15 bits per heavy atom. The molecule has 0 saturated carbocycles. The van der Waals surface area contributed by atoms with E-state index in [-0.39, 0.29) is 6.04 Å². The maximum absolute atomic E-state index is 11.2. The van der Waals surface area contributed by atoms with Crippen LogP contribution >= 0.6 is 0 Å². The molecule has 1 saturated heterocycles. The largest absolute Gasteiger partial charge is 0.492 e. The molecule has 1 fully saturated rings. The van der Waals surface area contributed by atoms with E-state index in [0.29, 0.717) is 30.9 Å². The van der Waals surface area contributed by atoms with Crippen molar-refractivity contribution in [2.24, 2.45) is 0 Å². The quantitative estimate of drug-likeness (QED) is 0.887. The number of carbonyl (C=O) groups is 1. The smallest absolute Gasteiger partial charge is 0.320 e. The maximum atomic E-state index is 11.2. The predicted octanol–water partition coefficient (Wildman–Crippen LogP) is 1.88. The van der Waals surface area contributed by atoms with Gasteiger partial charge in [-0.1, -0.05) is 6.42 Å². The van der Waals surface area contributed by atoms with Gasteiger partial charge in [-0.25, -0.2) is 0 Å². The number of aliphatic carboxylic acids is 1. The summed E-state index contributed by atoms with van der Waals surface area (Å²) in [4.78, 5) is 13.1. The summed E-state index contributed by atoms with van der Waals surface area (Å²) in [5.74, 6) is -0.0454. The van der Waals surface area contributed by atoms with Gasteiger partial charge in [0.25, 0.3) is 0 Å². The second-order valence-corrected chi connectivity index (χ2v) is 4.87. The molecule has 1 aliphatic heterocycles. The highest BCUT2D eigenvalue weighted by Gasteiger charge is 2.27. The van der Waals surface area contributed by atoms with Crippen LogP contribution in [-0.4, -0.2) is 41.7 Å². The molecule has 0 bridgehead atoms. The van der Waals surface area contributed by atoms with E-state index in [9.17, 15) is 4.79 Å². The molecule has 1 atom stereocenters. The molecule has 1 aromatic rings. The van der Waals surface area contributed by atoms with Crippen LogP contribution in [0, 0.1) is 11.3 Å². The van der Waals surface area contributed by atoms with Crippen LogP contribution in [0.1, 0.15) is 24.8 Å². The van der Waals surface area contributed by atoms with Gasteiger partial charge >= 0.3 is 5.97 Å². The third-order valence-electron chi connectivity index (χ3n) is 3.53. The third-order valence-corrected chi connectivity index (χ3v) is 3.53. The number of hydrogen-bond donors (Lipinski definition) is 1. The summed E-state index contributed by atoms with van der Waals surface area (Å²) in [6.07, 6.45) is 2.73. The van der Waals surface area contributed by atoms with Crippen molar-refractivity contribution < 1.29 is 14.6 Å². The molecule has 0 radical (unpaired) electrons. The van der Waals surface area contributed by atoms with Crippen LogP contribution in [0.25, 0.3) is 0 Å². The number of carboxylic acids is 1. The fourth-order valence-electron chi connectivity index (χ4n) is 2.44. The van der Waals surface area contributed by atoms with Crippen LogP contribution in [0.3, 0.4) is 0 Å². The number of piperidine rings is 1. The van der Waals surface area contributed by atoms with Crippen LogP contribution in [0.5, 0.6) is 5.75 Å². The van der Waals surface area contributed by atoms with E-state index >= 15 is 0 Å². The Balaban J connectivity index is 1.82. The van der Waals surface area contributed by atoms with Gasteiger partial charge in [0.2, 0.25) is 0 Å². The zero-order valence-electron chi connectivity index (χ0n) is 11.3. The van der Waals surface area contributed by atoms with E-state index in [1.807, 2.05) is 4.90 Å². The van der Waals surface area contributed by atoms with E-state index in [0.717, 1.165) is 19.4 Å². The van der Waals surface area contributed by atoms with Crippen molar-refractivity contribution >= 4 is 5.97 Å². The minimum absolute atomic E-state index is 0.381. The molecule has 20 heavy (non-hydrogen) atoms. The number of nitrogens with zero attached hydrogens (tertiary/aromatic N) is 2. The van der Waals surface area contributed by atoms with Gasteiger partial charge in [-0.2, -0.15) is 5.26 Å². The van der Waals surface area contributed by atoms with Crippen molar-refractivity contribution in [3.8, 4) is 11.8 Å². The average Bonchev–Trinajstić information content (AvgIpc) is 2.48. The van der Waals surface area contributed by atoms with Gasteiger partial charge in [0.05, 0.1) is 11.6 Å². The number of hydrogen-bond acceptors (Lipinski definition) is 4. The topological polar surface area (TPSA) is 73.6 Å². The van der Waals surface area contributed by atoms with Crippen molar-refractivity contribution in [1.82, 2.24) is 4.90 Å². The SMILES string of the molecule is N#Cc1ccc(OCCN2CCCCC2C(=O)O)cc1. The van der Waals surface area contributed by atoms with Crippen LogP contribution < -0.4 is 4.74 Å². The number of benzene rings is 1. The molecule has 2 rings (SSSR count). The molecule has 1 N–H and O–H groups in total. The number of rotatable bonds is 5. The van der Waals surface area contributed by atoms with Gasteiger partial charge in [0.1, 0.15) is 18.4 Å². The standard InChI is InChI=1S/C15H18N2O3/c16-11-12-4-6-13(7-5-12)20-10-9-17-8-2-1-3-14(17)15(18)19/h4-7,14H,1-3,8-10H2,(H,18,19). The number of nitriles is 1. The molecule has 5 nitrogen and oxygen atoms in total. The van der Waals surface area contributed by atoms with Gasteiger partial charge in [0.15, 0.2) is 0 Å². The lowest BCUT2D eigenvalue weighted by molar-refractivity contribution is -0.144. The lowest BCUT2D eigenvalue weighted by Gasteiger charge is -2.32. The average molecular weight is 274 g/mol. The van der Waals surface area contributed by atoms with Gasteiger partial charge < -0.3 is 9.84 Å². The molecule has 0 amide bonds. The van der Waals surface area contributed by atoms with Gasteiger partial charge in [-0.05, 0) is 43.7 Å². The van der Waals surface area contributed by atoms with Crippen LogP contribution in [0.2, 0.25) is 0 Å². The fraction of sp³-hybridized carbons (Fsp3) is 0.467. The highest BCUT2D eigenvalue weighted by atomic mass is 16.5. The van der Waals surface area contributed by atoms with E-state index in [4.69, 9.17) is 15.1 Å². The highest BCUT2D eigenvalue weighted by Crippen LogP contribution is 2.17. The van der Waals surface area contributed by atoms with Gasteiger partial charge in [0, 0.05) is 6.54 Å². The summed E-state index contributed by atoms with van der Waals surface area (Å²) in [7, 11) is 0. The Morgan fingerprint density at radius 3 is 2.80 bits per heavy atom. The summed E-state index contributed by atoms with van der Waals surface area (Å²) < 4.78 is 5.59. The molecule has 5 heteroatoms. The molecule has 1 aromatic carbocycles. The fourth-order valence-corrected chi connectivity index (χ4v) is 2.44. The van der Waals surface area contributed by atoms with Crippen molar-refractivity contribution in [1.29, 1.82) is 5.26 Å². The van der Waals surface area contributed by atoms with Gasteiger partial charge in [-0.3, -0.25) is 9.69 Å². The van der Waals surface area contributed by atoms with Crippen molar-refractivity contribution in [2.75, 3.05) is 19.7 Å². The molecular formula is C15H18N2O3. The van der Waals surface area contributed by atoms with E-state index in [2.05, 4.69) is 6.07 Å². The Labute approximate surface area is 118 Å². The second-order valence-electron chi connectivity index (χ2n) is 4.87. The number of carboxylic acid groups (broad SMARTS) is 1. The van der Waals surface area contributed by atoms with Crippen molar-refractivity contribution in [3.05, 3.63) is 29.8 Å².